The van der Waals surface area contributed by atoms with Crippen LogP contribution in [0.4, 0.5) is 0 Å². The van der Waals surface area contributed by atoms with Gasteiger partial charge in [0.15, 0.2) is 0 Å². The summed E-state index contributed by atoms with van der Waals surface area (Å²) in [6.45, 7) is 22.2. The van der Waals surface area contributed by atoms with Crippen molar-refractivity contribution < 1.29 is 32.2 Å². The van der Waals surface area contributed by atoms with Crippen LogP contribution in [-0.2, 0) is 32.2 Å². The molecule has 0 heterocycles. The van der Waals surface area contributed by atoms with Crippen LogP contribution in [0.2, 0.25) is 0 Å². The van der Waals surface area contributed by atoms with Crippen LogP contribution in [0.15, 0.2) is 12.2 Å². The molecule has 8 heteroatoms. The minimum atomic E-state index is -3.50. The number of ether oxygens (including phenoxy) is 4. The maximum atomic E-state index is 6.48. The summed E-state index contributed by atoms with van der Waals surface area (Å²) in [5.41, 5.74) is 0.504. The molecule has 0 aromatic carbocycles. The molecule has 0 spiro atoms. The van der Waals surface area contributed by atoms with Crippen LogP contribution in [0, 0.1) is 0 Å². The summed E-state index contributed by atoms with van der Waals surface area (Å²) in [6.07, 6.45) is 5.11. The minimum Gasteiger partial charge on any atom is -0.369 e. The molecule has 7 nitrogen and oxygen atoms in total. The van der Waals surface area contributed by atoms with Gasteiger partial charge in [0.05, 0.1) is 6.61 Å². The molecule has 0 rings (SSSR count). The van der Waals surface area contributed by atoms with Gasteiger partial charge in [0.25, 0.3) is 0 Å². The third-order valence-corrected chi connectivity index (χ3v) is 8.18. The second-order valence-corrected chi connectivity index (χ2v) is 11.1. The largest absolute Gasteiger partial charge is 0.537 e. The highest BCUT2D eigenvalue weighted by molar-refractivity contribution is 6.62. The minimum absolute atomic E-state index is 0.393. The van der Waals surface area contributed by atoms with E-state index in [4.69, 9.17) is 32.2 Å². The normalized spacial score (nSPS) is 17.3. The standard InChI is InChI=1S/C25H52O7Si/c1-10-14-17-26-22(7)30-33(25(13-4)29-20-21(5)6,31-23(8)27-18-15-11-2)32-24(9)28-19-16-12-3/h22-25H,5,10-20H2,1-4,6-9H3. The predicted molar refractivity (Wildman–Crippen MR) is 135 cm³/mol. The Morgan fingerprint density at radius 2 is 1.03 bits per heavy atom. The van der Waals surface area contributed by atoms with Crippen LogP contribution in [0.25, 0.3) is 0 Å². The van der Waals surface area contributed by atoms with Crippen LogP contribution in [-0.4, -0.2) is 59.8 Å². The van der Waals surface area contributed by atoms with E-state index in [9.17, 15) is 0 Å². The third-order valence-electron chi connectivity index (χ3n) is 4.84. The SMILES string of the molecule is C=C(C)COC(CC)[Si](OC(C)OCCCC)(OC(C)OCCCC)OC(C)OCCCC. The van der Waals surface area contributed by atoms with Gasteiger partial charge in [-0.2, -0.15) is 0 Å². The van der Waals surface area contributed by atoms with Gasteiger partial charge in [0, 0.05) is 19.8 Å². The lowest BCUT2D eigenvalue weighted by Gasteiger charge is -2.40. The molecular weight excluding hydrogens is 440 g/mol. The van der Waals surface area contributed by atoms with Gasteiger partial charge in [-0.25, -0.2) is 0 Å². The molecule has 4 atom stereocenters. The quantitative estimate of drug-likeness (QED) is 0.0710. The van der Waals surface area contributed by atoms with Crippen molar-refractivity contribution in [2.45, 2.75) is 125 Å². The molecule has 0 saturated heterocycles. The van der Waals surface area contributed by atoms with Crippen molar-refractivity contribution in [2.24, 2.45) is 0 Å². The molecule has 33 heavy (non-hydrogen) atoms. The molecule has 0 bridgehead atoms. The third kappa shape index (κ3) is 15.3. The molecule has 0 aromatic rings. The van der Waals surface area contributed by atoms with Crippen LogP contribution < -0.4 is 0 Å². The van der Waals surface area contributed by atoms with E-state index in [0.717, 1.165) is 44.1 Å². The van der Waals surface area contributed by atoms with Crippen molar-refractivity contribution in [3.05, 3.63) is 12.2 Å². The van der Waals surface area contributed by atoms with Crippen molar-refractivity contribution in [1.82, 2.24) is 0 Å². The summed E-state index contributed by atoms with van der Waals surface area (Å²) < 4.78 is 43.4. The monoisotopic (exact) mass is 492 g/mol. The Morgan fingerprint density at radius 1 is 0.667 bits per heavy atom. The topological polar surface area (TPSA) is 64.6 Å². The zero-order valence-electron chi connectivity index (χ0n) is 22.7. The second kappa shape index (κ2) is 19.9. The summed E-state index contributed by atoms with van der Waals surface area (Å²) >= 11 is 0. The van der Waals surface area contributed by atoms with Gasteiger partial charge in [-0.3, -0.25) is 0 Å². The highest BCUT2D eigenvalue weighted by atomic mass is 28.4. The van der Waals surface area contributed by atoms with E-state index in [1.165, 1.54) is 0 Å². The van der Waals surface area contributed by atoms with Crippen LogP contribution in [0.1, 0.15) is 100 Å². The van der Waals surface area contributed by atoms with Crippen LogP contribution in [0.5, 0.6) is 0 Å². The van der Waals surface area contributed by atoms with Gasteiger partial charge >= 0.3 is 8.80 Å². The van der Waals surface area contributed by atoms with E-state index in [2.05, 4.69) is 27.4 Å². The zero-order chi connectivity index (χ0) is 25.1. The molecule has 0 radical (unpaired) electrons. The van der Waals surface area contributed by atoms with E-state index in [1.54, 1.807) is 0 Å². The lowest BCUT2D eigenvalue weighted by atomic mass is 10.4. The summed E-state index contributed by atoms with van der Waals surface area (Å²) in [4.78, 5) is 0. The number of unbranched alkanes of at least 4 members (excludes halogenated alkanes) is 3. The summed E-state index contributed by atoms with van der Waals surface area (Å²) in [5, 5.41) is 0. The highest BCUT2D eigenvalue weighted by Crippen LogP contribution is 2.27. The molecule has 0 amide bonds. The van der Waals surface area contributed by atoms with Gasteiger partial charge in [-0.15, -0.1) is 0 Å². The lowest BCUT2D eigenvalue weighted by molar-refractivity contribution is -0.192. The van der Waals surface area contributed by atoms with Gasteiger partial charge in [-0.05, 0) is 53.4 Å². The Balaban J connectivity index is 5.80. The summed E-state index contributed by atoms with van der Waals surface area (Å²) in [6, 6.07) is 0. The van der Waals surface area contributed by atoms with Crippen molar-refractivity contribution in [2.75, 3.05) is 26.4 Å². The smallest absolute Gasteiger partial charge is 0.369 e. The van der Waals surface area contributed by atoms with Gasteiger partial charge in [0.2, 0.25) is 0 Å². The Morgan fingerprint density at radius 3 is 1.30 bits per heavy atom. The fourth-order valence-corrected chi connectivity index (χ4v) is 6.00. The first-order valence-corrected chi connectivity index (χ1v) is 14.7. The molecule has 0 aromatic heterocycles. The first kappa shape index (κ1) is 32.7. The molecule has 0 aliphatic carbocycles. The first-order valence-electron chi connectivity index (χ1n) is 12.9. The van der Waals surface area contributed by atoms with Crippen molar-refractivity contribution in [3.63, 3.8) is 0 Å². The van der Waals surface area contributed by atoms with Gasteiger partial charge in [-0.1, -0.05) is 59.1 Å². The second-order valence-electron chi connectivity index (χ2n) is 8.50. The van der Waals surface area contributed by atoms with Crippen molar-refractivity contribution in [3.8, 4) is 0 Å². The van der Waals surface area contributed by atoms with E-state index in [0.29, 0.717) is 32.8 Å². The Hall–Kier alpha value is -0.323. The van der Waals surface area contributed by atoms with E-state index < -0.39 is 33.4 Å². The molecule has 0 saturated carbocycles. The summed E-state index contributed by atoms with van der Waals surface area (Å²) in [7, 11) is -3.50. The van der Waals surface area contributed by atoms with E-state index in [1.807, 2.05) is 34.6 Å². The van der Waals surface area contributed by atoms with Gasteiger partial charge in [0.1, 0.15) is 24.6 Å². The molecule has 0 N–H and O–H groups in total. The zero-order valence-corrected chi connectivity index (χ0v) is 23.7. The number of hydrogen-bond acceptors (Lipinski definition) is 7. The molecular formula is C25H52O7Si. The van der Waals surface area contributed by atoms with Crippen LogP contribution >= 0.6 is 0 Å². The predicted octanol–water partition coefficient (Wildman–Crippen LogP) is 6.37. The van der Waals surface area contributed by atoms with Crippen molar-refractivity contribution in [1.29, 1.82) is 0 Å². The molecule has 0 aliphatic rings. The Kier molecular flexibility index (Phi) is 19.7. The lowest BCUT2D eigenvalue weighted by Crippen LogP contribution is -2.62. The highest BCUT2D eigenvalue weighted by Gasteiger charge is 2.54. The summed E-state index contributed by atoms with van der Waals surface area (Å²) in [5.74, 6) is 0. The molecule has 0 aliphatic heterocycles. The Bertz CT molecular complexity index is 432. The number of rotatable bonds is 23. The maximum absolute atomic E-state index is 6.48. The first-order chi connectivity index (χ1) is 15.7. The van der Waals surface area contributed by atoms with Gasteiger partial charge < -0.3 is 32.2 Å². The van der Waals surface area contributed by atoms with E-state index in [-0.39, 0.29) is 0 Å². The molecule has 198 valence electrons. The fourth-order valence-electron chi connectivity index (χ4n) is 3.00. The average molecular weight is 493 g/mol. The average Bonchev–Trinajstić information content (AvgIpc) is 2.74. The Labute approximate surface area is 204 Å². The van der Waals surface area contributed by atoms with E-state index >= 15 is 0 Å². The fraction of sp³-hybridized carbons (Fsp3) is 0.920. The number of hydrogen-bond donors (Lipinski definition) is 0. The van der Waals surface area contributed by atoms with Crippen molar-refractivity contribution >= 4 is 8.80 Å². The van der Waals surface area contributed by atoms with Crippen LogP contribution in [0.3, 0.4) is 0 Å². The molecule has 4 unspecified atom stereocenters. The maximum Gasteiger partial charge on any atom is 0.537 e. The molecule has 0 fully saturated rings.